The van der Waals surface area contributed by atoms with Crippen LogP contribution in [0.15, 0.2) is 11.6 Å². The molecule has 7 heteroatoms. The van der Waals surface area contributed by atoms with Gasteiger partial charge in [-0.2, -0.15) is 0 Å². The van der Waals surface area contributed by atoms with Crippen LogP contribution in [0.5, 0.6) is 0 Å². The lowest BCUT2D eigenvalue weighted by Gasteiger charge is -2.27. The Morgan fingerprint density at radius 3 is 2.48 bits per heavy atom. The number of hydrogen-bond acceptors (Lipinski definition) is 5. The van der Waals surface area contributed by atoms with Crippen molar-refractivity contribution in [2.24, 2.45) is 5.92 Å². The van der Waals surface area contributed by atoms with Crippen LogP contribution in [-0.4, -0.2) is 50.5 Å². The molecule has 0 aromatic heterocycles. The highest BCUT2D eigenvalue weighted by atomic mass is 31.2. The van der Waals surface area contributed by atoms with Crippen LogP contribution in [0.1, 0.15) is 51.9 Å². The number of carboxylic acids is 1. The number of aliphatic carboxylic acids is 1. The van der Waals surface area contributed by atoms with Gasteiger partial charge in [-0.1, -0.05) is 25.3 Å². The van der Waals surface area contributed by atoms with Crippen molar-refractivity contribution >= 4 is 13.3 Å². The average molecular weight is 376 g/mol. The van der Waals surface area contributed by atoms with Crippen molar-refractivity contribution in [1.29, 1.82) is 0 Å². The number of ether oxygens (including phenoxy) is 2. The van der Waals surface area contributed by atoms with Crippen LogP contribution < -0.4 is 0 Å². The molecule has 146 valence electrons. The first-order valence-electron chi connectivity index (χ1n) is 9.15. The molecule has 1 saturated carbocycles. The van der Waals surface area contributed by atoms with Gasteiger partial charge < -0.3 is 19.1 Å². The molecule has 1 fully saturated rings. The maximum Gasteiger partial charge on any atom is 0.331 e. The minimum atomic E-state index is -3.27. The Bertz CT molecular complexity index is 470. The van der Waals surface area contributed by atoms with Gasteiger partial charge in [-0.15, -0.1) is 0 Å². The van der Waals surface area contributed by atoms with Gasteiger partial charge in [-0.3, -0.25) is 4.57 Å². The Morgan fingerprint density at radius 1 is 1.28 bits per heavy atom. The van der Waals surface area contributed by atoms with E-state index in [4.69, 9.17) is 14.0 Å². The molecule has 0 aromatic carbocycles. The summed E-state index contributed by atoms with van der Waals surface area (Å²) < 4.78 is 29.4. The third-order valence-electron chi connectivity index (χ3n) is 4.61. The average Bonchev–Trinajstić information content (AvgIpc) is 2.59. The number of rotatable bonds is 12. The predicted octanol–water partition coefficient (Wildman–Crippen LogP) is 4.29. The van der Waals surface area contributed by atoms with Gasteiger partial charge in [-0.05, 0) is 38.5 Å². The van der Waals surface area contributed by atoms with Crippen molar-refractivity contribution in [2.45, 2.75) is 57.7 Å². The van der Waals surface area contributed by atoms with E-state index < -0.39 is 19.2 Å². The van der Waals surface area contributed by atoms with E-state index in [9.17, 15) is 14.5 Å². The number of carbonyl (C=O) groups is 1. The Labute approximate surface area is 151 Å². The molecule has 1 rings (SSSR count). The van der Waals surface area contributed by atoms with Crippen LogP contribution in [-0.2, 0) is 23.4 Å². The molecule has 0 amide bonds. The number of methoxy groups -OCH3 is 2. The molecule has 6 nitrogen and oxygen atoms in total. The van der Waals surface area contributed by atoms with Gasteiger partial charge in [0.2, 0.25) is 7.37 Å². The lowest BCUT2D eigenvalue weighted by molar-refractivity contribution is -0.132. The van der Waals surface area contributed by atoms with Crippen molar-refractivity contribution < 1.29 is 28.5 Å². The van der Waals surface area contributed by atoms with E-state index in [0.717, 1.165) is 25.7 Å². The fourth-order valence-electron chi connectivity index (χ4n) is 3.34. The molecule has 0 bridgehead atoms. The smallest absolute Gasteiger partial charge is 0.331 e. The molecule has 1 aliphatic carbocycles. The van der Waals surface area contributed by atoms with E-state index in [1.165, 1.54) is 13.5 Å². The van der Waals surface area contributed by atoms with Gasteiger partial charge in [0.1, 0.15) is 5.85 Å². The minimum Gasteiger partial charge on any atom is -0.478 e. The first-order chi connectivity index (χ1) is 12.0. The second-order valence-electron chi connectivity index (χ2n) is 6.52. The molecular formula is C18H33O6P. The van der Waals surface area contributed by atoms with E-state index in [0.29, 0.717) is 19.4 Å². The van der Waals surface area contributed by atoms with Crippen LogP contribution >= 0.6 is 7.37 Å². The van der Waals surface area contributed by atoms with Crippen molar-refractivity contribution in [3.63, 3.8) is 0 Å². The van der Waals surface area contributed by atoms with Gasteiger partial charge in [0.05, 0.1) is 12.8 Å². The zero-order valence-electron chi connectivity index (χ0n) is 15.7. The summed E-state index contributed by atoms with van der Waals surface area (Å²) in [5.74, 6) is -1.38. The van der Waals surface area contributed by atoms with Gasteiger partial charge in [0.15, 0.2) is 0 Å². The fraction of sp³-hybridized carbons (Fsp3) is 0.833. The SMILES string of the molecule is CCOP(=O)(CC(=CC1CCCCC1)C(=O)O)C(CCCOC)OC. The summed E-state index contributed by atoms with van der Waals surface area (Å²) in [5.41, 5.74) is 0.192. The van der Waals surface area contributed by atoms with Gasteiger partial charge >= 0.3 is 5.97 Å². The Kier molecular flexibility index (Phi) is 10.6. The predicted molar refractivity (Wildman–Crippen MR) is 98.3 cm³/mol. The fourth-order valence-corrected chi connectivity index (χ4v) is 5.85. The first-order valence-corrected chi connectivity index (χ1v) is 11.0. The van der Waals surface area contributed by atoms with Crippen LogP contribution in [0.2, 0.25) is 0 Å². The zero-order valence-corrected chi connectivity index (χ0v) is 16.6. The molecule has 0 spiro atoms. The molecule has 0 radical (unpaired) electrons. The van der Waals surface area contributed by atoms with E-state index >= 15 is 0 Å². The van der Waals surface area contributed by atoms with Crippen molar-refractivity contribution in [2.75, 3.05) is 33.6 Å². The molecular weight excluding hydrogens is 343 g/mol. The van der Waals surface area contributed by atoms with Crippen molar-refractivity contribution in [1.82, 2.24) is 0 Å². The first kappa shape index (κ1) is 22.4. The normalized spacial score (nSPS) is 20.2. The summed E-state index contributed by atoms with van der Waals surface area (Å²) in [6.45, 7) is 2.56. The summed E-state index contributed by atoms with van der Waals surface area (Å²) >= 11 is 0. The molecule has 1 N–H and O–H groups in total. The highest BCUT2D eigenvalue weighted by Gasteiger charge is 2.36. The summed E-state index contributed by atoms with van der Waals surface area (Å²) in [7, 11) is -0.169. The maximum atomic E-state index is 13.4. The quantitative estimate of drug-likeness (QED) is 0.311. The second kappa shape index (κ2) is 11.8. The Balaban J connectivity index is 2.93. The van der Waals surface area contributed by atoms with E-state index in [2.05, 4.69) is 0 Å². The Morgan fingerprint density at radius 2 is 1.96 bits per heavy atom. The minimum absolute atomic E-state index is 0.0852. The second-order valence-corrected chi connectivity index (χ2v) is 9.13. The third kappa shape index (κ3) is 7.61. The largest absolute Gasteiger partial charge is 0.478 e. The molecule has 2 unspecified atom stereocenters. The Hall–Kier alpha value is -0.680. The molecule has 0 aliphatic heterocycles. The van der Waals surface area contributed by atoms with Crippen molar-refractivity contribution in [3.05, 3.63) is 11.6 Å². The third-order valence-corrected chi connectivity index (χ3v) is 7.43. The van der Waals surface area contributed by atoms with Crippen LogP contribution in [0.4, 0.5) is 0 Å². The topological polar surface area (TPSA) is 82.1 Å². The molecule has 0 saturated heterocycles. The molecule has 0 aromatic rings. The summed E-state index contributed by atoms with van der Waals surface area (Å²) in [4.78, 5) is 11.7. The molecule has 25 heavy (non-hydrogen) atoms. The molecule has 0 heterocycles. The van der Waals surface area contributed by atoms with E-state index in [-0.39, 0.29) is 24.3 Å². The van der Waals surface area contributed by atoms with Gasteiger partial charge in [0.25, 0.3) is 0 Å². The van der Waals surface area contributed by atoms with E-state index in [1.54, 1.807) is 20.1 Å². The summed E-state index contributed by atoms with van der Waals surface area (Å²) in [5, 5.41) is 9.60. The van der Waals surface area contributed by atoms with Gasteiger partial charge in [0, 0.05) is 26.4 Å². The number of hydrogen-bond donors (Lipinski definition) is 1. The highest BCUT2D eigenvalue weighted by molar-refractivity contribution is 7.59. The van der Waals surface area contributed by atoms with Crippen LogP contribution in [0, 0.1) is 5.92 Å². The number of allylic oxidation sites excluding steroid dienone is 1. The lowest BCUT2D eigenvalue weighted by Crippen LogP contribution is -2.20. The van der Waals surface area contributed by atoms with Crippen molar-refractivity contribution in [3.8, 4) is 0 Å². The summed E-state index contributed by atoms with van der Waals surface area (Å²) in [6, 6.07) is 0. The lowest BCUT2D eigenvalue weighted by atomic mass is 9.88. The van der Waals surface area contributed by atoms with E-state index in [1.807, 2.05) is 0 Å². The number of carboxylic acid groups (broad SMARTS) is 1. The standard InChI is InChI=1S/C18H33O6P/c1-4-24-25(21,17(23-3)11-8-12-22-2)14-16(18(19)20)13-15-9-6-5-7-10-15/h13,15,17H,4-12,14H2,1-3H3,(H,19,20). The summed E-state index contributed by atoms with van der Waals surface area (Å²) in [6.07, 6.45) is 8.35. The highest BCUT2D eigenvalue weighted by Crippen LogP contribution is 2.55. The maximum absolute atomic E-state index is 13.4. The van der Waals surface area contributed by atoms with Gasteiger partial charge in [-0.25, -0.2) is 4.79 Å². The molecule has 2 atom stereocenters. The monoisotopic (exact) mass is 376 g/mol. The zero-order chi connectivity index (χ0) is 18.7. The van der Waals surface area contributed by atoms with Crippen LogP contribution in [0.25, 0.3) is 0 Å². The molecule has 1 aliphatic rings. The van der Waals surface area contributed by atoms with Crippen LogP contribution in [0.3, 0.4) is 0 Å².